The first-order valence-corrected chi connectivity index (χ1v) is 6.84. The van der Waals surface area contributed by atoms with Crippen LogP contribution in [0.2, 0.25) is 0 Å². The fraction of sp³-hybridized carbons (Fsp3) is 0.333. The predicted molar refractivity (Wildman–Crippen MR) is 76.3 cm³/mol. The van der Waals surface area contributed by atoms with Crippen molar-refractivity contribution >= 4 is 12.2 Å². The van der Waals surface area contributed by atoms with E-state index in [9.17, 15) is 4.39 Å². The molecule has 0 aliphatic heterocycles. The first-order valence-electron chi connectivity index (χ1n) is 6.43. The Labute approximate surface area is 116 Å². The van der Waals surface area contributed by atoms with Crippen LogP contribution in [0.5, 0.6) is 0 Å². The Morgan fingerprint density at radius 1 is 1.32 bits per heavy atom. The molecule has 2 nitrogen and oxygen atoms in total. The molecule has 0 spiro atoms. The molecule has 1 N–H and O–H groups in total. The van der Waals surface area contributed by atoms with Crippen LogP contribution in [0, 0.1) is 24.3 Å². The maximum Gasteiger partial charge on any atom is 0.133 e. The first-order chi connectivity index (χ1) is 9.06. The van der Waals surface area contributed by atoms with E-state index >= 15 is 0 Å². The molecule has 1 aromatic carbocycles. The van der Waals surface area contributed by atoms with Crippen molar-refractivity contribution in [2.75, 3.05) is 0 Å². The molecule has 0 atom stereocenters. The standard InChI is InChI=1S/C15H15FN2S/c1-8-7-11(16)5-6-12(8)13-9(2)15(19)18-14(17-13)10-3-4-10/h5-7,10H,3-4H2,1-2H3,(H,17,18,19). The van der Waals surface area contributed by atoms with Gasteiger partial charge in [-0.1, -0.05) is 12.2 Å². The minimum absolute atomic E-state index is 0.214. The molecule has 98 valence electrons. The van der Waals surface area contributed by atoms with E-state index in [1.165, 1.54) is 18.9 Å². The number of H-pyrrole nitrogens is 1. The van der Waals surface area contributed by atoms with E-state index in [1.54, 1.807) is 12.1 Å². The van der Waals surface area contributed by atoms with Gasteiger partial charge in [0.05, 0.1) is 5.69 Å². The highest BCUT2D eigenvalue weighted by molar-refractivity contribution is 7.71. The van der Waals surface area contributed by atoms with E-state index in [1.807, 2.05) is 13.8 Å². The minimum atomic E-state index is -0.214. The quantitative estimate of drug-likeness (QED) is 0.820. The summed E-state index contributed by atoms with van der Waals surface area (Å²) in [6.07, 6.45) is 2.34. The third kappa shape index (κ3) is 2.32. The van der Waals surface area contributed by atoms with Gasteiger partial charge in [-0.15, -0.1) is 0 Å². The van der Waals surface area contributed by atoms with Crippen molar-refractivity contribution in [3.05, 3.63) is 45.6 Å². The topological polar surface area (TPSA) is 28.7 Å². The molecule has 1 heterocycles. The summed E-state index contributed by atoms with van der Waals surface area (Å²) in [4.78, 5) is 7.85. The molecule has 0 unspecified atom stereocenters. The van der Waals surface area contributed by atoms with Gasteiger partial charge in [0.25, 0.3) is 0 Å². The molecule has 0 radical (unpaired) electrons. The molecule has 2 aromatic rings. The van der Waals surface area contributed by atoms with Crippen LogP contribution >= 0.6 is 12.2 Å². The van der Waals surface area contributed by atoms with Crippen LogP contribution in [-0.4, -0.2) is 9.97 Å². The minimum Gasteiger partial charge on any atom is -0.343 e. The van der Waals surface area contributed by atoms with E-state index in [4.69, 9.17) is 12.2 Å². The summed E-state index contributed by atoms with van der Waals surface area (Å²) in [6, 6.07) is 4.83. The molecule has 1 aliphatic carbocycles. The molecule has 0 bridgehead atoms. The fourth-order valence-electron chi connectivity index (χ4n) is 2.28. The largest absolute Gasteiger partial charge is 0.343 e. The second-order valence-electron chi connectivity index (χ2n) is 5.16. The number of halogens is 1. The predicted octanol–water partition coefficient (Wildman–Crippen LogP) is 4.44. The highest BCUT2D eigenvalue weighted by atomic mass is 32.1. The lowest BCUT2D eigenvalue weighted by Gasteiger charge is -2.11. The zero-order valence-electron chi connectivity index (χ0n) is 11.0. The van der Waals surface area contributed by atoms with Gasteiger partial charge in [0.1, 0.15) is 16.3 Å². The molecule has 0 saturated heterocycles. The maximum atomic E-state index is 13.2. The average Bonchev–Trinajstić information content (AvgIpc) is 3.17. The Morgan fingerprint density at radius 3 is 2.68 bits per heavy atom. The maximum absolute atomic E-state index is 13.2. The number of hydrogen-bond acceptors (Lipinski definition) is 2. The molecule has 4 heteroatoms. The molecular weight excluding hydrogens is 259 g/mol. The number of nitrogens with one attached hydrogen (secondary N) is 1. The van der Waals surface area contributed by atoms with Gasteiger partial charge in [-0.05, 0) is 50.5 Å². The van der Waals surface area contributed by atoms with Crippen LogP contribution in [0.15, 0.2) is 18.2 Å². The SMILES string of the molecule is Cc1cc(F)ccc1-c1[nH]c(C2CC2)nc(=S)c1C. The zero-order valence-corrected chi connectivity index (χ0v) is 11.8. The van der Waals surface area contributed by atoms with Crippen LogP contribution in [0.3, 0.4) is 0 Å². The number of benzene rings is 1. The van der Waals surface area contributed by atoms with Crippen molar-refractivity contribution < 1.29 is 4.39 Å². The molecule has 19 heavy (non-hydrogen) atoms. The zero-order chi connectivity index (χ0) is 13.6. The van der Waals surface area contributed by atoms with E-state index in [0.29, 0.717) is 10.6 Å². The van der Waals surface area contributed by atoms with E-state index in [2.05, 4.69) is 9.97 Å². The van der Waals surface area contributed by atoms with Gasteiger partial charge in [0, 0.05) is 17.0 Å². The summed E-state index contributed by atoms with van der Waals surface area (Å²) in [6.45, 7) is 3.87. The van der Waals surface area contributed by atoms with Crippen LogP contribution in [0.4, 0.5) is 4.39 Å². The smallest absolute Gasteiger partial charge is 0.133 e. The van der Waals surface area contributed by atoms with Crippen LogP contribution < -0.4 is 0 Å². The summed E-state index contributed by atoms with van der Waals surface area (Å²) in [5.74, 6) is 1.27. The summed E-state index contributed by atoms with van der Waals surface area (Å²) in [5, 5.41) is 0. The fourth-order valence-corrected chi connectivity index (χ4v) is 2.48. The van der Waals surface area contributed by atoms with Crippen LogP contribution in [0.25, 0.3) is 11.3 Å². The normalized spacial score (nSPS) is 14.7. The Balaban J connectivity index is 2.20. The molecule has 1 aliphatic rings. The lowest BCUT2D eigenvalue weighted by atomic mass is 10.0. The molecule has 0 amide bonds. The number of nitrogens with zero attached hydrogens (tertiary/aromatic N) is 1. The summed E-state index contributed by atoms with van der Waals surface area (Å²) in [7, 11) is 0. The molecule has 1 saturated carbocycles. The molecule has 3 rings (SSSR count). The van der Waals surface area contributed by atoms with Crippen molar-refractivity contribution in [2.24, 2.45) is 0 Å². The monoisotopic (exact) mass is 274 g/mol. The molecule has 1 fully saturated rings. The average molecular weight is 274 g/mol. The van der Waals surface area contributed by atoms with E-state index in [0.717, 1.165) is 28.2 Å². The Bertz CT molecular complexity index is 702. The lowest BCUT2D eigenvalue weighted by molar-refractivity contribution is 0.627. The second kappa shape index (κ2) is 4.53. The van der Waals surface area contributed by atoms with Gasteiger partial charge >= 0.3 is 0 Å². The van der Waals surface area contributed by atoms with E-state index < -0.39 is 0 Å². The van der Waals surface area contributed by atoms with Crippen molar-refractivity contribution in [3.8, 4) is 11.3 Å². The van der Waals surface area contributed by atoms with Crippen molar-refractivity contribution in [3.63, 3.8) is 0 Å². The third-order valence-corrected chi connectivity index (χ3v) is 3.99. The van der Waals surface area contributed by atoms with Gasteiger partial charge in [0.2, 0.25) is 0 Å². The Kier molecular flexibility index (Phi) is 2.97. The van der Waals surface area contributed by atoms with Gasteiger partial charge in [-0.25, -0.2) is 9.37 Å². The first kappa shape index (κ1) is 12.5. The lowest BCUT2D eigenvalue weighted by Crippen LogP contribution is -2.00. The number of hydrogen-bond donors (Lipinski definition) is 1. The third-order valence-electron chi connectivity index (χ3n) is 3.59. The van der Waals surface area contributed by atoms with Gasteiger partial charge in [-0.3, -0.25) is 0 Å². The number of aromatic nitrogens is 2. The molecular formula is C15H15FN2S. The van der Waals surface area contributed by atoms with E-state index in [-0.39, 0.29) is 5.82 Å². The van der Waals surface area contributed by atoms with Crippen LogP contribution in [-0.2, 0) is 0 Å². The van der Waals surface area contributed by atoms with Gasteiger partial charge in [-0.2, -0.15) is 0 Å². The van der Waals surface area contributed by atoms with Crippen molar-refractivity contribution in [1.29, 1.82) is 0 Å². The second-order valence-corrected chi connectivity index (χ2v) is 5.55. The summed E-state index contributed by atoms with van der Waals surface area (Å²) < 4.78 is 13.9. The molecule has 1 aromatic heterocycles. The van der Waals surface area contributed by atoms with Gasteiger partial charge < -0.3 is 4.98 Å². The number of aryl methyl sites for hydroxylation is 1. The Hall–Kier alpha value is -1.55. The van der Waals surface area contributed by atoms with Crippen LogP contribution in [0.1, 0.15) is 35.7 Å². The number of rotatable bonds is 2. The summed E-state index contributed by atoms with van der Waals surface area (Å²) in [5.41, 5.74) is 3.82. The highest BCUT2D eigenvalue weighted by Gasteiger charge is 2.26. The number of aromatic amines is 1. The van der Waals surface area contributed by atoms with Crippen molar-refractivity contribution in [1.82, 2.24) is 9.97 Å². The summed E-state index contributed by atoms with van der Waals surface area (Å²) >= 11 is 5.34. The van der Waals surface area contributed by atoms with Gasteiger partial charge in [0.15, 0.2) is 0 Å². The highest BCUT2D eigenvalue weighted by Crippen LogP contribution is 2.39. The van der Waals surface area contributed by atoms with Crippen molar-refractivity contribution in [2.45, 2.75) is 32.6 Å². The Morgan fingerprint density at radius 2 is 2.05 bits per heavy atom.